The molecule has 0 radical (unpaired) electrons. The molecule has 0 fully saturated rings. The van der Waals surface area contributed by atoms with Gasteiger partial charge in [-0.2, -0.15) is 5.10 Å². The van der Waals surface area contributed by atoms with Crippen molar-refractivity contribution in [1.29, 1.82) is 0 Å². The first-order chi connectivity index (χ1) is 14.3. The van der Waals surface area contributed by atoms with E-state index in [1.807, 2.05) is 54.6 Å². The van der Waals surface area contributed by atoms with Crippen molar-refractivity contribution < 1.29 is 9.53 Å². The van der Waals surface area contributed by atoms with Crippen molar-refractivity contribution in [2.24, 2.45) is 5.10 Å². The lowest BCUT2D eigenvalue weighted by molar-refractivity contribution is 0.0955. The summed E-state index contributed by atoms with van der Waals surface area (Å²) in [6.07, 6.45) is 1.61. The fourth-order valence-electron chi connectivity index (χ4n) is 2.96. The first kappa shape index (κ1) is 18.4. The molecule has 0 heterocycles. The second-order valence-corrected chi connectivity index (χ2v) is 6.60. The van der Waals surface area contributed by atoms with E-state index in [-0.39, 0.29) is 5.91 Å². The van der Waals surface area contributed by atoms with Crippen LogP contribution in [0.25, 0.3) is 10.8 Å². The summed E-state index contributed by atoms with van der Waals surface area (Å²) in [7, 11) is 0. The Kier molecular flexibility index (Phi) is 5.63. The number of rotatable bonds is 6. The van der Waals surface area contributed by atoms with Crippen LogP contribution in [0.1, 0.15) is 21.5 Å². The number of amides is 1. The minimum atomic E-state index is -0.239. The number of ether oxygens (including phenoxy) is 1. The molecule has 0 aliphatic rings. The van der Waals surface area contributed by atoms with Crippen molar-refractivity contribution in [3.8, 4) is 5.75 Å². The highest BCUT2D eigenvalue weighted by Gasteiger charge is 2.02. The molecular formula is C25H20N2O2. The summed E-state index contributed by atoms with van der Waals surface area (Å²) in [6, 6.07) is 31.2. The van der Waals surface area contributed by atoms with Gasteiger partial charge in [0.2, 0.25) is 0 Å². The second kappa shape index (κ2) is 8.85. The third-order valence-electron chi connectivity index (χ3n) is 4.52. The first-order valence-electron chi connectivity index (χ1n) is 9.37. The Labute approximate surface area is 169 Å². The van der Waals surface area contributed by atoms with Crippen LogP contribution < -0.4 is 10.2 Å². The van der Waals surface area contributed by atoms with Crippen LogP contribution in [0.2, 0.25) is 0 Å². The third-order valence-corrected chi connectivity index (χ3v) is 4.52. The zero-order chi connectivity index (χ0) is 19.9. The number of fused-ring (bicyclic) bond motifs is 1. The normalized spacial score (nSPS) is 10.9. The molecule has 142 valence electrons. The average molecular weight is 380 g/mol. The van der Waals surface area contributed by atoms with E-state index < -0.39 is 0 Å². The highest BCUT2D eigenvalue weighted by Crippen LogP contribution is 2.18. The number of benzene rings is 4. The van der Waals surface area contributed by atoms with Crippen molar-refractivity contribution >= 4 is 22.9 Å². The first-order valence-corrected chi connectivity index (χ1v) is 9.37. The largest absolute Gasteiger partial charge is 0.489 e. The Balaban J connectivity index is 1.32. The molecule has 0 aliphatic heterocycles. The Morgan fingerprint density at radius 3 is 2.34 bits per heavy atom. The Morgan fingerprint density at radius 1 is 0.828 bits per heavy atom. The topological polar surface area (TPSA) is 50.7 Å². The molecule has 0 spiro atoms. The molecule has 4 aromatic carbocycles. The number of nitrogens with one attached hydrogen (secondary N) is 1. The summed E-state index contributed by atoms with van der Waals surface area (Å²) in [5, 5.41) is 6.43. The zero-order valence-electron chi connectivity index (χ0n) is 15.8. The molecule has 1 amide bonds. The SMILES string of the molecule is O=C(N/N=C\c1ccc(OCc2ccc3ccccc3c2)cc1)c1ccccc1. The van der Waals surface area contributed by atoms with Crippen LogP contribution in [0.15, 0.2) is 102 Å². The monoisotopic (exact) mass is 380 g/mol. The van der Waals surface area contributed by atoms with Crippen LogP contribution in [0.5, 0.6) is 5.75 Å². The van der Waals surface area contributed by atoms with Crippen LogP contribution in [-0.2, 0) is 6.61 Å². The number of carbonyl (C=O) groups excluding carboxylic acids is 1. The molecule has 4 rings (SSSR count). The van der Waals surface area contributed by atoms with E-state index in [0.717, 1.165) is 16.9 Å². The Hall–Kier alpha value is -3.92. The molecule has 1 N–H and O–H groups in total. The van der Waals surface area contributed by atoms with E-state index in [4.69, 9.17) is 4.74 Å². The molecule has 0 bridgehead atoms. The summed E-state index contributed by atoms with van der Waals surface area (Å²) >= 11 is 0. The van der Waals surface area contributed by atoms with Crippen molar-refractivity contribution in [3.63, 3.8) is 0 Å². The van der Waals surface area contributed by atoms with Gasteiger partial charge in [0.1, 0.15) is 12.4 Å². The van der Waals surface area contributed by atoms with E-state index in [9.17, 15) is 4.79 Å². The number of hydrogen-bond acceptors (Lipinski definition) is 3. The van der Waals surface area contributed by atoms with Gasteiger partial charge in [-0.3, -0.25) is 4.79 Å². The van der Waals surface area contributed by atoms with Gasteiger partial charge in [0.05, 0.1) is 6.21 Å². The highest BCUT2D eigenvalue weighted by molar-refractivity contribution is 5.94. The van der Waals surface area contributed by atoms with Crippen LogP contribution in [0, 0.1) is 0 Å². The molecule has 4 heteroatoms. The Morgan fingerprint density at radius 2 is 1.55 bits per heavy atom. The smallest absolute Gasteiger partial charge is 0.271 e. The maximum atomic E-state index is 11.9. The molecule has 0 saturated carbocycles. The van der Waals surface area contributed by atoms with Crippen molar-refractivity contribution in [2.75, 3.05) is 0 Å². The lowest BCUT2D eigenvalue weighted by Gasteiger charge is -2.07. The van der Waals surface area contributed by atoms with E-state index in [2.05, 4.69) is 40.9 Å². The predicted molar refractivity (Wildman–Crippen MR) is 116 cm³/mol. The summed E-state index contributed by atoms with van der Waals surface area (Å²) in [5.74, 6) is 0.542. The fraction of sp³-hybridized carbons (Fsp3) is 0.0400. The predicted octanol–water partition coefficient (Wildman–Crippen LogP) is 5.18. The van der Waals surface area contributed by atoms with Gasteiger partial charge in [0.15, 0.2) is 0 Å². The van der Waals surface area contributed by atoms with Crippen molar-refractivity contribution in [2.45, 2.75) is 6.61 Å². The van der Waals surface area contributed by atoms with Gasteiger partial charge in [-0.1, -0.05) is 54.6 Å². The van der Waals surface area contributed by atoms with Crippen LogP contribution in [0.3, 0.4) is 0 Å². The van der Waals surface area contributed by atoms with Crippen molar-refractivity contribution in [3.05, 3.63) is 114 Å². The van der Waals surface area contributed by atoms with E-state index >= 15 is 0 Å². The molecule has 29 heavy (non-hydrogen) atoms. The van der Waals surface area contributed by atoms with Gasteiger partial charge in [0, 0.05) is 5.56 Å². The van der Waals surface area contributed by atoms with Gasteiger partial charge >= 0.3 is 0 Å². The lowest BCUT2D eigenvalue weighted by Crippen LogP contribution is -2.17. The van der Waals surface area contributed by atoms with E-state index in [0.29, 0.717) is 12.2 Å². The van der Waals surface area contributed by atoms with Crippen LogP contribution >= 0.6 is 0 Å². The minimum absolute atomic E-state index is 0.239. The number of nitrogens with zero attached hydrogens (tertiary/aromatic N) is 1. The average Bonchev–Trinajstić information content (AvgIpc) is 2.79. The van der Waals surface area contributed by atoms with Crippen molar-refractivity contribution in [1.82, 2.24) is 5.43 Å². The standard InChI is InChI=1S/C25H20N2O2/c28-25(22-7-2-1-3-8-22)27-26-17-19-11-14-24(15-12-19)29-18-20-10-13-21-6-4-5-9-23(21)16-20/h1-17H,18H2,(H,27,28)/b26-17-. The molecule has 0 saturated heterocycles. The van der Waals surface area contributed by atoms with E-state index in [1.165, 1.54) is 10.8 Å². The second-order valence-electron chi connectivity index (χ2n) is 6.60. The maximum absolute atomic E-state index is 11.9. The lowest BCUT2D eigenvalue weighted by atomic mass is 10.1. The maximum Gasteiger partial charge on any atom is 0.271 e. The number of hydrazone groups is 1. The summed E-state index contributed by atoms with van der Waals surface area (Å²) < 4.78 is 5.88. The fourth-order valence-corrected chi connectivity index (χ4v) is 2.96. The molecule has 0 aromatic heterocycles. The van der Waals surface area contributed by atoms with Gasteiger partial charge in [0.25, 0.3) is 5.91 Å². The van der Waals surface area contributed by atoms with Gasteiger partial charge in [-0.05, 0) is 64.4 Å². The van der Waals surface area contributed by atoms with Crippen LogP contribution in [-0.4, -0.2) is 12.1 Å². The summed E-state index contributed by atoms with van der Waals surface area (Å²) in [5.41, 5.74) is 5.09. The molecule has 0 unspecified atom stereocenters. The van der Waals surface area contributed by atoms with Gasteiger partial charge in [-0.15, -0.1) is 0 Å². The molecule has 0 atom stereocenters. The molecule has 4 aromatic rings. The Bertz CT molecular complexity index is 1140. The van der Waals surface area contributed by atoms with E-state index in [1.54, 1.807) is 18.3 Å². The summed E-state index contributed by atoms with van der Waals surface area (Å²) in [6.45, 7) is 0.505. The van der Waals surface area contributed by atoms with Gasteiger partial charge in [-0.25, -0.2) is 5.43 Å². The quantitative estimate of drug-likeness (QED) is 0.370. The zero-order valence-corrected chi connectivity index (χ0v) is 15.8. The minimum Gasteiger partial charge on any atom is -0.489 e. The molecule has 0 aliphatic carbocycles. The number of hydrogen-bond donors (Lipinski definition) is 1. The molecular weight excluding hydrogens is 360 g/mol. The summed E-state index contributed by atoms with van der Waals surface area (Å²) in [4.78, 5) is 11.9. The number of carbonyl (C=O) groups is 1. The highest BCUT2D eigenvalue weighted by atomic mass is 16.5. The van der Waals surface area contributed by atoms with Crippen LogP contribution in [0.4, 0.5) is 0 Å². The van der Waals surface area contributed by atoms with Gasteiger partial charge < -0.3 is 4.74 Å². The molecule has 4 nitrogen and oxygen atoms in total. The third kappa shape index (κ3) is 4.87.